The molecule has 1 aliphatic rings. The van der Waals surface area contributed by atoms with Crippen molar-refractivity contribution in [3.63, 3.8) is 0 Å². The van der Waals surface area contributed by atoms with E-state index in [0.717, 1.165) is 17.8 Å². The van der Waals surface area contributed by atoms with Gasteiger partial charge in [0.25, 0.3) is 5.91 Å². The maximum absolute atomic E-state index is 12.6. The van der Waals surface area contributed by atoms with E-state index in [0.29, 0.717) is 36.2 Å². The second kappa shape index (κ2) is 6.91. The van der Waals surface area contributed by atoms with Gasteiger partial charge in [0.2, 0.25) is 5.91 Å². The lowest BCUT2D eigenvalue weighted by molar-refractivity contribution is -0.114. The number of carbonyl (C=O) groups excluding carboxylic acids is 2. The molecule has 2 amide bonds. The molecule has 126 valence electrons. The molecule has 0 aliphatic carbocycles. The maximum atomic E-state index is 12.6. The van der Waals surface area contributed by atoms with Crippen LogP contribution in [0.15, 0.2) is 11.4 Å². The molecule has 0 fully saturated rings. The van der Waals surface area contributed by atoms with E-state index in [-0.39, 0.29) is 11.8 Å². The van der Waals surface area contributed by atoms with E-state index in [2.05, 4.69) is 25.8 Å². The van der Waals surface area contributed by atoms with Crippen molar-refractivity contribution in [2.24, 2.45) is 0 Å². The topological polar surface area (TPSA) is 100 Å². The molecule has 0 spiro atoms. The molecule has 9 heteroatoms. The molecule has 0 saturated heterocycles. The molecule has 2 N–H and O–H groups in total. The molecule has 3 heterocycles. The molecule has 2 aromatic heterocycles. The van der Waals surface area contributed by atoms with Crippen LogP contribution in [0.5, 0.6) is 0 Å². The van der Waals surface area contributed by atoms with Gasteiger partial charge in [0.1, 0.15) is 11.5 Å². The molecule has 24 heavy (non-hydrogen) atoms. The van der Waals surface area contributed by atoms with E-state index < -0.39 is 0 Å². The predicted octanol–water partition coefficient (Wildman–Crippen LogP) is 1.52. The lowest BCUT2D eigenvalue weighted by atomic mass is 10.1. The fourth-order valence-electron chi connectivity index (χ4n) is 2.51. The Morgan fingerprint density at radius 2 is 2.21 bits per heavy atom. The van der Waals surface area contributed by atoms with Crippen LogP contribution < -0.4 is 10.6 Å². The second-order valence-corrected chi connectivity index (χ2v) is 6.29. The zero-order valence-electron chi connectivity index (χ0n) is 13.5. The van der Waals surface area contributed by atoms with Crippen molar-refractivity contribution in [2.45, 2.75) is 26.8 Å². The molecule has 0 bridgehead atoms. The summed E-state index contributed by atoms with van der Waals surface area (Å²) in [6, 6.07) is 1.94. The van der Waals surface area contributed by atoms with Crippen LogP contribution in [-0.4, -0.2) is 45.0 Å². The van der Waals surface area contributed by atoms with Crippen molar-refractivity contribution in [1.29, 1.82) is 0 Å². The number of nitrogens with one attached hydrogen (secondary N) is 2. The Hall–Kier alpha value is -2.55. The Bertz CT molecular complexity index is 775. The lowest BCUT2D eigenvalue weighted by Crippen LogP contribution is -2.36. The molecule has 0 saturated carbocycles. The highest BCUT2D eigenvalue weighted by Gasteiger charge is 2.25. The number of amides is 2. The highest BCUT2D eigenvalue weighted by atomic mass is 32.1. The third kappa shape index (κ3) is 3.51. The number of thiazole rings is 1. The quantitative estimate of drug-likeness (QED) is 0.871. The van der Waals surface area contributed by atoms with Gasteiger partial charge in [-0.1, -0.05) is 0 Å². The lowest BCUT2D eigenvalue weighted by Gasteiger charge is -2.27. The van der Waals surface area contributed by atoms with Crippen molar-refractivity contribution in [3.05, 3.63) is 28.4 Å². The van der Waals surface area contributed by atoms with Crippen LogP contribution in [0.1, 0.15) is 35.6 Å². The summed E-state index contributed by atoms with van der Waals surface area (Å²) < 4.78 is 0. The second-order valence-electron chi connectivity index (χ2n) is 5.43. The van der Waals surface area contributed by atoms with Crippen molar-refractivity contribution < 1.29 is 9.59 Å². The fourth-order valence-corrected chi connectivity index (χ4v) is 3.24. The van der Waals surface area contributed by atoms with Crippen LogP contribution in [0.25, 0.3) is 0 Å². The molecule has 8 nitrogen and oxygen atoms in total. The van der Waals surface area contributed by atoms with Crippen LogP contribution in [-0.2, 0) is 17.8 Å². The van der Waals surface area contributed by atoms with Crippen molar-refractivity contribution >= 4 is 34.1 Å². The van der Waals surface area contributed by atoms with E-state index in [1.807, 2.05) is 13.0 Å². The Morgan fingerprint density at radius 1 is 1.38 bits per heavy atom. The highest BCUT2D eigenvalue weighted by molar-refractivity contribution is 7.14. The minimum atomic E-state index is -0.204. The number of rotatable bonds is 4. The minimum absolute atomic E-state index is 0.143. The van der Waals surface area contributed by atoms with Crippen molar-refractivity contribution in [3.8, 4) is 0 Å². The normalized spacial score (nSPS) is 13.3. The van der Waals surface area contributed by atoms with Crippen LogP contribution in [0, 0.1) is 0 Å². The number of carbonyl (C=O) groups is 2. The number of anilines is 2. The van der Waals surface area contributed by atoms with Gasteiger partial charge >= 0.3 is 0 Å². The Kier molecular flexibility index (Phi) is 4.70. The zero-order valence-corrected chi connectivity index (χ0v) is 14.3. The number of nitrogens with zero attached hydrogens (tertiary/aromatic N) is 4. The van der Waals surface area contributed by atoms with Crippen LogP contribution >= 0.6 is 11.3 Å². The summed E-state index contributed by atoms with van der Waals surface area (Å²) in [6.07, 6.45) is 0.670. The molecular weight excluding hydrogens is 328 g/mol. The molecule has 0 unspecified atom stereocenters. The van der Waals surface area contributed by atoms with E-state index in [1.165, 1.54) is 18.3 Å². The summed E-state index contributed by atoms with van der Waals surface area (Å²) in [5.41, 5.74) is 2.27. The molecule has 0 radical (unpaired) electrons. The summed E-state index contributed by atoms with van der Waals surface area (Å²) in [5.74, 6) is 0.368. The largest absolute Gasteiger partial charge is 0.369 e. The Labute approximate surface area is 143 Å². The average Bonchev–Trinajstić information content (AvgIpc) is 3.01. The van der Waals surface area contributed by atoms with Gasteiger partial charge in [0.15, 0.2) is 5.13 Å². The van der Waals surface area contributed by atoms with Gasteiger partial charge in [0, 0.05) is 38.4 Å². The molecule has 0 atom stereocenters. The van der Waals surface area contributed by atoms with Gasteiger partial charge in [-0.25, -0.2) is 4.98 Å². The van der Waals surface area contributed by atoms with Gasteiger partial charge in [0.05, 0.1) is 5.69 Å². The van der Waals surface area contributed by atoms with Crippen LogP contribution in [0.2, 0.25) is 0 Å². The highest BCUT2D eigenvalue weighted by Crippen LogP contribution is 2.22. The van der Waals surface area contributed by atoms with Crippen LogP contribution in [0.3, 0.4) is 0 Å². The Balaban J connectivity index is 1.74. The number of hydrogen-bond donors (Lipinski definition) is 2. The summed E-state index contributed by atoms with van der Waals surface area (Å²) in [6.45, 7) is 5.23. The number of hydrogen-bond acceptors (Lipinski definition) is 7. The van der Waals surface area contributed by atoms with E-state index in [9.17, 15) is 9.59 Å². The molecular formula is C15H18N6O2S. The Morgan fingerprint density at radius 3 is 2.96 bits per heavy atom. The van der Waals surface area contributed by atoms with Crippen LogP contribution in [0.4, 0.5) is 10.9 Å². The minimum Gasteiger partial charge on any atom is -0.369 e. The number of aromatic nitrogens is 3. The molecule has 0 aromatic carbocycles. The monoisotopic (exact) mass is 346 g/mol. The zero-order chi connectivity index (χ0) is 17.1. The third-order valence-corrected chi connectivity index (χ3v) is 4.35. The summed E-state index contributed by atoms with van der Waals surface area (Å²) in [7, 11) is 0. The summed E-state index contributed by atoms with van der Waals surface area (Å²) >= 11 is 1.24. The molecule has 1 aliphatic heterocycles. The van der Waals surface area contributed by atoms with Gasteiger partial charge in [-0.2, -0.15) is 5.10 Å². The summed E-state index contributed by atoms with van der Waals surface area (Å²) in [5, 5.41) is 16.2. The molecule has 3 rings (SSSR count). The first-order chi connectivity index (χ1) is 11.6. The first kappa shape index (κ1) is 16.3. The van der Waals surface area contributed by atoms with E-state index in [1.54, 1.807) is 10.3 Å². The maximum Gasteiger partial charge on any atom is 0.273 e. The SMILES string of the molecule is CCNc1cc2c(nn1)CCN(C(=O)c1csc(NC(C)=O)n1)C2. The molecule has 2 aromatic rings. The van der Waals surface area contributed by atoms with Gasteiger partial charge in [-0.15, -0.1) is 16.4 Å². The van der Waals surface area contributed by atoms with E-state index >= 15 is 0 Å². The van der Waals surface area contributed by atoms with Gasteiger partial charge < -0.3 is 15.5 Å². The smallest absolute Gasteiger partial charge is 0.273 e. The summed E-state index contributed by atoms with van der Waals surface area (Å²) in [4.78, 5) is 29.6. The first-order valence-electron chi connectivity index (χ1n) is 7.68. The van der Waals surface area contributed by atoms with Crippen molar-refractivity contribution in [2.75, 3.05) is 23.7 Å². The standard InChI is InChI=1S/C15H18N6O2S/c1-3-16-13-6-10-7-21(5-4-11(10)19-20-13)14(23)12-8-24-15(18-12)17-9(2)22/h6,8H,3-5,7H2,1-2H3,(H,16,20)(H,17,18,22). The van der Waals surface area contributed by atoms with Gasteiger partial charge in [-0.05, 0) is 18.6 Å². The third-order valence-electron chi connectivity index (χ3n) is 3.59. The van der Waals surface area contributed by atoms with Crippen molar-refractivity contribution in [1.82, 2.24) is 20.1 Å². The fraction of sp³-hybridized carbons (Fsp3) is 0.400. The average molecular weight is 346 g/mol. The van der Waals surface area contributed by atoms with E-state index in [4.69, 9.17) is 0 Å². The first-order valence-corrected chi connectivity index (χ1v) is 8.56. The van der Waals surface area contributed by atoms with Gasteiger partial charge in [-0.3, -0.25) is 9.59 Å². The predicted molar refractivity (Wildman–Crippen MR) is 91.1 cm³/mol. The number of fused-ring (bicyclic) bond motifs is 1.